The second-order valence-corrected chi connectivity index (χ2v) is 10.5. The SMILES string of the molecule is CC1Cc2ccc(-c3cc(COC(=O)CC4CSC5=NC6CCCCC6C(=O)N54)no3)cc2O1. The molecule has 4 unspecified atom stereocenters. The van der Waals surface area contributed by atoms with Crippen LogP contribution in [0.4, 0.5) is 0 Å². The Kier molecular flexibility index (Phi) is 5.59. The highest BCUT2D eigenvalue weighted by Gasteiger charge is 2.46. The number of thioether (sulfide) groups is 1. The number of aromatic nitrogens is 1. The summed E-state index contributed by atoms with van der Waals surface area (Å²) in [5.41, 5.74) is 2.60. The first-order valence-electron chi connectivity index (χ1n) is 12.0. The van der Waals surface area contributed by atoms with Crippen molar-refractivity contribution in [1.29, 1.82) is 0 Å². The number of rotatable bonds is 5. The van der Waals surface area contributed by atoms with Gasteiger partial charge in [-0.3, -0.25) is 19.5 Å². The number of amidine groups is 1. The molecule has 1 aliphatic carbocycles. The molecule has 1 aromatic heterocycles. The third-order valence-electron chi connectivity index (χ3n) is 7.07. The minimum Gasteiger partial charge on any atom is -0.490 e. The lowest BCUT2D eigenvalue weighted by molar-refractivity contribution is -0.147. The number of aliphatic imine (C=N–C) groups is 1. The molecule has 1 saturated heterocycles. The molecule has 34 heavy (non-hydrogen) atoms. The second kappa shape index (κ2) is 8.76. The molecular formula is C25H27N3O5S. The van der Waals surface area contributed by atoms with Crippen molar-refractivity contribution in [3.8, 4) is 17.1 Å². The summed E-state index contributed by atoms with van der Waals surface area (Å²) in [5.74, 6) is 1.90. The fourth-order valence-corrected chi connectivity index (χ4v) is 6.54. The standard InChI is InChI=1S/C25H27N3O5S/c1-14-8-15-6-7-16(9-21(15)32-14)22-10-17(27-33-22)12-31-23(29)11-18-13-34-25-26-20-5-3-2-4-19(20)24(30)28(18)25/h6-7,9-10,14,18-20H,2-5,8,11-13H2,1H3. The Labute approximate surface area is 202 Å². The maximum absolute atomic E-state index is 13.1. The van der Waals surface area contributed by atoms with E-state index in [4.69, 9.17) is 19.0 Å². The van der Waals surface area contributed by atoms with E-state index in [2.05, 4.69) is 5.16 Å². The minimum absolute atomic E-state index is 0.0280. The smallest absolute Gasteiger partial charge is 0.308 e. The predicted octanol–water partition coefficient (Wildman–Crippen LogP) is 3.97. The number of fused-ring (bicyclic) bond motifs is 3. The third-order valence-corrected chi connectivity index (χ3v) is 8.18. The molecule has 4 atom stereocenters. The van der Waals surface area contributed by atoms with Crippen LogP contribution in [0.5, 0.6) is 5.75 Å². The van der Waals surface area contributed by atoms with Crippen molar-refractivity contribution in [1.82, 2.24) is 10.1 Å². The Morgan fingerprint density at radius 1 is 1.26 bits per heavy atom. The molecule has 9 heteroatoms. The van der Waals surface area contributed by atoms with Crippen LogP contribution in [0.2, 0.25) is 0 Å². The maximum atomic E-state index is 13.1. The summed E-state index contributed by atoms with van der Waals surface area (Å²) in [7, 11) is 0. The third kappa shape index (κ3) is 4.00. The number of nitrogens with zero attached hydrogens (tertiary/aromatic N) is 3. The van der Waals surface area contributed by atoms with E-state index < -0.39 is 0 Å². The summed E-state index contributed by atoms with van der Waals surface area (Å²) < 4.78 is 16.8. The predicted molar refractivity (Wildman–Crippen MR) is 126 cm³/mol. The zero-order valence-electron chi connectivity index (χ0n) is 19.1. The minimum atomic E-state index is -0.352. The molecule has 1 saturated carbocycles. The molecule has 2 fully saturated rings. The van der Waals surface area contributed by atoms with Gasteiger partial charge in [0.15, 0.2) is 10.9 Å². The Hall–Kier alpha value is -2.81. The van der Waals surface area contributed by atoms with Gasteiger partial charge in [-0.25, -0.2) is 0 Å². The number of benzene rings is 1. The molecule has 3 aliphatic heterocycles. The molecule has 4 heterocycles. The Bertz CT molecular complexity index is 1160. The van der Waals surface area contributed by atoms with Gasteiger partial charge >= 0.3 is 5.97 Å². The zero-order valence-corrected chi connectivity index (χ0v) is 19.9. The van der Waals surface area contributed by atoms with Crippen LogP contribution in [0, 0.1) is 5.92 Å². The van der Waals surface area contributed by atoms with E-state index in [0.717, 1.165) is 48.6 Å². The lowest BCUT2D eigenvalue weighted by Crippen LogP contribution is -2.50. The van der Waals surface area contributed by atoms with Gasteiger partial charge in [0.2, 0.25) is 5.91 Å². The van der Waals surface area contributed by atoms with E-state index in [0.29, 0.717) is 17.2 Å². The van der Waals surface area contributed by atoms with Gasteiger partial charge in [-0.2, -0.15) is 0 Å². The van der Waals surface area contributed by atoms with Gasteiger partial charge in [-0.1, -0.05) is 41.9 Å². The van der Waals surface area contributed by atoms with Crippen LogP contribution in [-0.4, -0.2) is 51.0 Å². The van der Waals surface area contributed by atoms with E-state index in [-0.39, 0.29) is 49.0 Å². The number of carbonyl (C=O) groups is 2. The highest BCUT2D eigenvalue weighted by atomic mass is 32.2. The quantitative estimate of drug-likeness (QED) is 0.597. The number of ether oxygens (including phenoxy) is 2. The zero-order chi connectivity index (χ0) is 23.2. The van der Waals surface area contributed by atoms with Gasteiger partial charge in [-0.05, 0) is 31.4 Å². The first kappa shape index (κ1) is 21.7. The number of hydrogen-bond donors (Lipinski definition) is 0. The second-order valence-electron chi connectivity index (χ2n) is 9.55. The van der Waals surface area contributed by atoms with Gasteiger partial charge in [0.05, 0.1) is 24.4 Å². The molecule has 0 bridgehead atoms. The first-order valence-corrected chi connectivity index (χ1v) is 13.0. The molecule has 1 amide bonds. The van der Waals surface area contributed by atoms with Gasteiger partial charge in [-0.15, -0.1) is 0 Å². The van der Waals surface area contributed by atoms with E-state index >= 15 is 0 Å². The van der Waals surface area contributed by atoms with Crippen LogP contribution in [-0.2, 0) is 27.4 Å². The molecule has 0 spiro atoms. The highest BCUT2D eigenvalue weighted by Crippen LogP contribution is 2.39. The lowest BCUT2D eigenvalue weighted by atomic mass is 9.83. The van der Waals surface area contributed by atoms with Crippen LogP contribution >= 0.6 is 11.8 Å². The van der Waals surface area contributed by atoms with E-state index in [1.54, 1.807) is 22.7 Å². The Morgan fingerprint density at radius 2 is 2.15 bits per heavy atom. The molecule has 0 N–H and O–H groups in total. The van der Waals surface area contributed by atoms with Crippen LogP contribution in [0.15, 0.2) is 33.8 Å². The highest BCUT2D eigenvalue weighted by molar-refractivity contribution is 8.14. The number of amides is 1. The summed E-state index contributed by atoms with van der Waals surface area (Å²) in [6, 6.07) is 7.69. The molecule has 4 aliphatic rings. The lowest BCUT2D eigenvalue weighted by Gasteiger charge is -2.37. The first-order chi connectivity index (χ1) is 16.5. The van der Waals surface area contributed by atoms with Gasteiger partial charge < -0.3 is 14.0 Å². The van der Waals surface area contributed by atoms with Crippen molar-refractivity contribution >= 4 is 28.8 Å². The summed E-state index contributed by atoms with van der Waals surface area (Å²) in [4.78, 5) is 32.3. The molecular weight excluding hydrogens is 454 g/mol. The Morgan fingerprint density at radius 3 is 3.06 bits per heavy atom. The van der Waals surface area contributed by atoms with E-state index in [1.807, 2.05) is 25.1 Å². The normalized spacial score (nSPS) is 27.5. The van der Waals surface area contributed by atoms with E-state index in [9.17, 15) is 9.59 Å². The van der Waals surface area contributed by atoms with Gasteiger partial charge in [0, 0.05) is 23.8 Å². The Balaban J connectivity index is 1.06. The summed E-state index contributed by atoms with van der Waals surface area (Å²) in [6.07, 6.45) is 5.32. The number of esters is 1. The van der Waals surface area contributed by atoms with Crippen molar-refractivity contribution < 1.29 is 23.6 Å². The molecule has 8 nitrogen and oxygen atoms in total. The van der Waals surface area contributed by atoms with Crippen molar-refractivity contribution in [3.05, 3.63) is 35.5 Å². The molecule has 6 rings (SSSR count). The maximum Gasteiger partial charge on any atom is 0.308 e. The van der Waals surface area contributed by atoms with Crippen LogP contribution in [0.25, 0.3) is 11.3 Å². The van der Waals surface area contributed by atoms with E-state index in [1.165, 1.54) is 5.56 Å². The largest absolute Gasteiger partial charge is 0.490 e. The monoisotopic (exact) mass is 481 g/mol. The summed E-state index contributed by atoms with van der Waals surface area (Å²) >= 11 is 1.57. The molecule has 178 valence electrons. The van der Waals surface area contributed by atoms with Crippen LogP contribution < -0.4 is 4.74 Å². The summed E-state index contributed by atoms with van der Waals surface area (Å²) in [5, 5.41) is 4.82. The summed E-state index contributed by atoms with van der Waals surface area (Å²) in [6.45, 7) is 2.08. The van der Waals surface area contributed by atoms with Crippen molar-refractivity contribution in [2.75, 3.05) is 5.75 Å². The molecule has 0 radical (unpaired) electrons. The average Bonchev–Trinajstić information content (AvgIpc) is 3.55. The van der Waals surface area contributed by atoms with Crippen molar-refractivity contribution in [2.45, 2.75) is 70.2 Å². The molecule has 2 aromatic rings. The fourth-order valence-electron chi connectivity index (χ4n) is 5.35. The van der Waals surface area contributed by atoms with Crippen molar-refractivity contribution in [2.24, 2.45) is 10.9 Å². The number of carbonyl (C=O) groups excluding carboxylic acids is 2. The van der Waals surface area contributed by atoms with Gasteiger partial charge in [0.25, 0.3) is 0 Å². The van der Waals surface area contributed by atoms with Crippen LogP contribution in [0.1, 0.15) is 50.3 Å². The van der Waals surface area contributed by atoms with Crippen molar-refractivity contribution in [3.63, 3.8) is 0 Å². The fraction of sp³-hybridized carbons (Fsp3) is 0.520. The van der Waals surface area contributed by atoms with Crippen LogP contribution in [0.3, 0.4) is 0 Å². The average molecular weight is 482 g/mol. The molecule has 1 aromatic carbocycles. The topological polar surface area (TPSA) is 94.2 Å². The van der Waals surface area contributed by atoms with Gasteiger partial charge in [0.1, 0.15) is 24.2 Å². The number of hydrogen-bond acceptors (Lipinski definition) is 8.